The van der Waals surface area contributed by atoms with Gasteiger partial charge in [0.05, 0.1) is 17.7 Å². The molecule has 0 aliphatic heterocycles. The second-order valence-electron chi connectivity index (χ2n) is 6.87. The maximum Gasteiger partial charge on any atom is 0.265 e. The number of rotatable bonds is 8. The van der Waals surface area contributed by atoms with Crippen LogP contribution < -0.4 is 19.5 Å². The van der Waals surface area contributed by atoms with Gasteiger partial charge in [0.15, 0.2) is 6.10 Å². The zero-order chi connectivity index (χ0) is 22.4. The van der Waals surface area contributed by atoms with Crippen LogP contribution in [0.4, 0.5) is 11.4 Å². The van der Waals surface area contributed by atoms with Crippen molar-refractivity contribution in [1.29, 1.82) is 0 Å². The van der Waals surface area contributed by atoms with Crippen molar-refractivity contribution in [2.24, 2.45) is 0 Å². The smallest absolute Gasteiger partial charge is 0.265 e. The van der Waals surface area contributed by atoms with Crippen molar-refractivity contribution in [1.82, 2.24) is 0 Å². The minimum Gasteiger partial charge on any atom is -0.497 e. The van der Waals surface area contributed by atoms with E-state index in [4.69, 9.17) is 9.47 Å². The SMILES string of the molecule is COc1cccc(O[C@H](C)C(=O)Nc2ccc(S(=O)(=O)Nc3ccccc3C)cc2)c1. The van der Waals surface area contributed by atoms with E-state index >= 15 is 0 Å². The summed E-state index contributed by atoms with van der Waals surface area (Å²) in [6.45, 7) is 3.45. The zero-order valence-electron chi connectivity index (χ0n) is 17.5. The van der Waals surface area contributed by atoms with E-state index in [0.29, 0.717) is 22.9 Å². The Morgan fingerprint density at radius 3 is 2.29 bits per heavy atom. The largest absolute Gasteiger partial charge is 0.497 e. The van der Waals surface area contributed by atoms with Crippen LogP contribution in [0.2, 0.25) is 0 Å². The van der Waals surface area contributed by atoms with Crippen molar-refractivity contribution in [3.8, 4) is 11.5 Å². The van der Waals surface area contributed by atoms with E-state index in [0.717, 1.165) is 5.56 Å². The second kappa shape index (κ2) is 9.53. The number of carbonyl (C=O) groups excluding carboxylic acids is 1. The summed E-state index contributed by atoms with van der Waals surface area (Å²) in [5.41, 5.74) is 1.80. The molecule has 2 N–H and O–H groups in total. The normalized spacial score (nSPS) is 12.0. The van der Waals surface area contributed by atoms with E-state index in [-0.39, 0.29) is 10.8 Å². The van der Waals surface area contributed by atoms with Crippen LogP contribution in [-0.2, 0) is 14.8 Å². The van der Waals surface area contributed by atoms with E-state index < -0.39 is 16.1 Å². The summed E-state index contributed by atoms with van der Waals surface area (Å²) in [6.07, 6.45) is -0.766. The first-order chi connectivity index (χ1) is 14.8. The molecular formula is C23H24N2O5S. The van der Waals surface area contributed by atoms with Gasteiger partial charge in [-0.1, -0.05) is 24.3 Å². The molecule has 7 nitrogen and oxygen atoms in total. The average Bonchev–Trinajstić information content (AvgIpc) is 2.75. The standard InChI is InChI=1S/C23H24N2O5S/c1-16-7-4-5-10-22(16)25-31(27,28)21-13-11-18(12-14-21)24-23(26)17(2)30-20-9-6-8-19(15-20)29-3/h4-15,17,25H,1-3H3,(H,24,26)/t17-/m1/s1. The molecule has 0 aromatic heterocycles. The van der Waals surface area contributed by atoms with Gasteiger partial charge in [0, 0.05) is 11.8 Å². The number of para-hydroxylation sites is 1. The van der Waals surface area contributed by atoms with E-state index in [1.54, 1.807) is 50.4 Å². The Bertz CT molecular complexity index is 1160. The number of amides is 1. The molecule has 0 saturated heterocycles. The Labute approximate surface area is 182 Å². The first-order valence-corrected chi connectivity index (χ1v) is 11.1. The quantitative estimate of drug-likeness (QED) is 0.547. The Morgan fingerprint density at radius 1 is 0.935 bits per heavy atom. The first kappa shape index (κ1) is 22.2. The summed E-state index contributed by atoms with van der Waals surface area (Å²) in [4.78, 5) is 12.5. The van der Waals surface area contributed by atoms with Crippen LogP contribution in [0.1, 0.15) is 12.5 Å². The third-order valence-electron chi connectivity index (χ3n) is 4.54. The molecular weight excluding hydrogens is 416 g/mol. The molecule has 162 valence electrons. The lowest BCUT2D eigenvalue weighted by molar-refractivity contribution is -0.122. The van der Waals surface area contributed by atoms with Crippen molar-refractivity contribution in [3.63, 3.8) is 0 Å². The molecule has 0 unspecified atom stereocenters. The Balaban J connectivity index is 1.64. The van der Waals surface area contributed by atoms with Crippen LogP contribution in [0.3, 0.4) is 0 Å². The van der Waals surface area contributed by atoms with Gasteiger partial charge in [-0.2, -0.15) is 0 Å². The topological polar surface area (TPSA) is 93.7 Å². The second-order valence-corrected chi connectivity index (χ2v) is 8.56. The number of benzene rings is 3. The van der Waals surface area contributed by atoms with Crippen LogP contribution in [0, 0.1) is 6.92 Å². The van der Waals surface area contributed by atoms with Gasteiger partial charge in [-0.05, 0) is 61.9 Å². The lowest BCUT2D eigenvalue weighted by atomic mass is 10.2. The van der Waals surface area contributed by atoms with Gasteiger partial charge < -0.3 is 14.8 Å². The van der Waals surface area contributed by atoms with Crippen LogP contribution >= 0.6 is 0 Å². The molecule has 1 atom stereocenters. The van der Waals surface area contributed by atoms with Gasteiger partial charge >= 0.3 is 0 Å². The molecule has 3 aromatic carbocycles. The van der Waals surface area contributed by atoms with Gasteiger partial charge in [0.25, 0.3) is 15.9 Å². The van der Waals surface area contributed by atoms with Crippen LogP contribution in [0.5, 0.6) is 11.5 Å². The van der Waals surface area contributed by atoms with Crippen LogP contribution in [-0.4, -0.2) is 27.5 Å². The lowest BCUT2D eigenvalue weighted by Crippen LogP contribution is -2.30. The number of hydrogen-bond acceptors (Lipinski definition) is 5. The highest BCUT2D eigenvalue weighted by Crippen LogP contribution is 2.22. The highest BCUT2D eigenvalue weighted by atomic mass is 32.2. The van der Waals surface area contributed by atoms with E-state index in [1.165, 1.54) is 24.3 Å². The monoisotopic (exact) mass is 440 g/mol. The molecule has 3 aromatic rings. The summed E-state index contributed by atoms with van der Waals surface area (Å²) in [7, 11) is -2.19. The number of nitrogens with one attached hydrogen (secondary N) is 2. The number of hydrogen-bond donors (Lipinski definition) is 2. The number of carbonyl (C=O) groups is 1. The van der Waals surface area contributed by atoms with Gasteiger partial charge in [-0.15, -0.1) is 0 Å². The number of ether oxygens (including phenoxy) is 2. The predicted octanol–water partition coefficient (Wildman–Crippen LogP) is 4.21. The molecule has 8 heteroatoms. The van der Waals surface area contributed by atoms with Gasteiger partial charge in [0.2, 0.25) is 0 Å². The number of aryl methyl sites for hydroxylation is 1. The van der Waals surface area contributed by atoms with E-state index in [9.17, 15) is 13.2 Å². The number of sulfonamides is 1. The average molecular weight is 441 g/mol. The summed E-state index contributed by atoms with van der Waals surface area (Å²) in [5.74, 6) is 0.767. The maximum absolute atomic E-state index is 12.6. The molecule has 0 bridgehead atoms. The van der Waals surface area contributed by atoms with Crippen molar-refractivity contribution in [3.05, 3.63) is 78.4 Å². The fourth-order valence-corrected chi connectivity index (χ4v) is 3.92. The van der Waals surface area contributed by atoms with Gasteiger partial charge in [-0.25, -0.2) is 8.42 Å². The van der Waals surface area contributed by atoms with E-state index in [1.807, 2.05) is 19.1 Å². The Kier molecular flexibility index (Phi) is 6.81. The predicted molar refractivity (Wildman–Crippen MR) is 120 cm³/mol. The van der Waals surface area contributed by atoms with Crippen molar-refractivity contribution < 1.29 is 22.7 Å². The molecule has 0 spiro atoms. The number of anilines is 2. The van der Waals surface area contributed by atoms with Crippen LogP contribution in [0.25, 0.3) is 0 Å². The molecule has 0 aliphatic carbocycles. The Morgan fingerprint density at radius 2 is 1.61 bits per heavy atom. The molecule has 3 rings (SSSR count). The fourth-order valence-electron chi connectivity index (χ4n) is 2.78. The zero-order valence-corrected chi connectivity index (χ0v) is 18.3. The summed E-state index contributed by atoms with van der Waals surface area (Å²) in [5, 5.41) is 2.72. The molecule has 0 radical (unpaired) electrons. The minimum absolute atomic E-state index is 0.0921. The van der Waals surface area contributed by atoms with Crippen molar-refractivity contribution in [2.75, 3.05) is 17.1 Å². The maximum atomic E-state index is 12.6. The third-order valence-corrected chi connectivity index (χ3v) is 5.93. The summed E-state index contributed by atoms with van der Waals surface area (Å²) in [6, 6.07) is 20.0. The van der Waals surface area contributed by atoms with Gasteiger partial charge in [0.1, 0.15) is 11.5 Å². The molecule has 0 aliphatic rings. The Hall–Kier alpha value is -3.52. The third kappa shape index (κ3) is 5.76. The highest BCUT2D eigenvalue weighted by Gasteiger charge is 2.17. The lowest BCUT2D eigenvalue weighted by Gasteiger charge is -2.15. The number of methoxy groups -OCH3 is 1. The van der Waals surface area contributed by atoms with E-state index in [2.05, 4.69) is 10.0 Å². The molecule has 0 heterocycles. The molecule has 31 heavy (non-hydrogen) atoms. The van der Waals surface area contributed by atoms with Gasteiger partial charge in [-0.3, -0.25) is 9.52 Å². The minimum atomic E-state index is -3.74. The van der Waals surface area contributed by atoms with Crippen molar-refractivity contribution >= 4 is 27.3 Å². The molecule has 0 saturated carbocycles. The highest BCUT2D eigenvalue weighted by molar-refractivity contribution is 7.92. The first-order valence-electron chi connectivity index (χ1n) is 9.58. The fraction of sp³-hybridized carbons (Fsp3) is 0.174. The molecule has 0 fully saturated rings. The van der Waals surface area contributed by atoms with Crippen molar-refractivity contribution in [2.45, 2.75) is 24.8 Å². The summed E-state index contributed by atoms with van der Waals surface area (Å²) < 4.78 is 38.6. The molecule has 1 amide bonds. The van der Waals surface area contributed by atoms with Crippen LogP contribution in [0.15, 0.2) is 77.7 Å². The summed E-state index contributed by atoms with van der Waals surface area (Å²) >= 11 is 0.